The highest BCUT2D eigenvalue weighted by Crippen LogP contribution is 2.29. The summed E-state index contributed by atoms with van der Waals surface area (Å²) in [6.07, 6.45) is 0.325. The van der Waals surface area contributed by atoms with Gasteiger partial charge in [0.1, 0.15) is 5.82 Å². The highest BCUT2D eigenvalue weighted by atomic mass is 19.1. The number of aliphatic carboxylic acids is 1. The summed E-state index contributed by atoms with van der Waals surface area (Å²) in [6.45, 7) is 3.61. The fourth-order valence-electron chi connectivity index (χ4n) is 2.25. The molecule has 2 rings (SSSR count). The number of halogens is 1. The Morgan fingerprint density at radius 2 is 1.85 bits per heavy atom. The van der Waals surface area contributed by atoms with Crippen LogP contribution in [0.1, 0.15) is 23.6 Å². The van der Waals surface area contributed by atoms with Gasteiger partial charge >= 0.3 is 5.97 Å². The number of benzene rings is 2. The van der Waals surface area contributed by atoms with E-state index in [1.54, 1.807) is 19.1 Å². The molecule has 0 amide bonds. The largest absolute Gasteiger partial charge is 0.481 e. The molecule has 20 heavy (non-hydrogen) atoms. The van der Waals surface area contributed by atoms with Crippen LogP contribution in [0, 0.1) is 12.7 Å². The van der Waals surface area contributed by atoms with Crippen molar-refractivity contribution in [2.45, 2.75) is 25.7 Å². The van der Waals surface area contributed by atoms with Crippen molar-refractivity contribution < 1.29 is 14.3 Å². The van der Waals surface area contributed by atoms with Gasteiger partial charge in [0.2, 0.25) is 0 Å². The van der Waals surface area contributed by atoms with E-state index in [1.165, 1.54) is 12.1 Å². The minimum atomic E-state index is -1.14. The van der Waals surface area contributed by atoms with Crippen molar-refractivity contribution in [3.63, 3.8) is 0 Å². The van der Waals surface area contributed by atoms with Gasteiger partial charge in [-0.2, -0.15) is 0 Å². The lowest BCUT2D eigenvalue weighted by Gasteiger charge is -2.25. The van der Waals surface area contributed by atoms with Gasteiger partial charge in [-0.3, -0.25) is 4.79 Å². The highest BCUT2D eigenvalue weighted by molar-refractivity contribution is 5.81. The molecule has 1 N–H and O–H groups in total. The maximum atomic E-state index is 13.4. The quantitative estimate of drug-likeness (QED) is 0.921. The van der Waals surface area contributed by atoms with E-state index in [9.17, 15) is 14.3 Å². The Morgan fingerprint density at radius 3 is 2.40 bits per heavy atom. The average Bonchev–Trinajstić information content (AvgIpc) is 2.41. The molecular weight excluding hydrogens is 255 g/mol. The summed E-state index contributed by atoms with van der Waals surface area (Å²) in [6, 6.07) is 13.5. The standard InChI is InChI=1S/C17H17FO2/c1-12-6-8-13(9-7-12)11-17(2,16(19)20)14-4-3-5-15(18)10-14/h3-10H,11H2,1-2H3,(H,19,20). The van der Waals surface area contributed by atoms with Gasteiger partial charge in [-0.1, -0.05) is 42.0 Å². The summed E-state index contributed by atoms with van der Waals surface area (Å²) >= 11 is 0. The van der Waals surface area contributed by atoms with Gasteiger partial charge in [0.05, 0.1) is 5.41 Å². The van der Waals surface area contributed by atoms with E-state index in [-0.39, 0.29) is 0 Å². The lowest BCUT2D eigenvalue weighted by molar-refractivity contribution is -0.143. The lowest BCUT2D eigenvalue weighted by atomic mass is 9.77. The molecule has 0 bridgehead atoms. The molecular formula is C17H17FO2. The van der Waals surface area contributed by atoms with Crippen LogP contribution in [0.3, 0.4) is 0 Å². The molecule has 0 saturated carbocycles. The molecule has 0 radical (unpaired) electrons. The normalized spacial score (nSPS) is 13.8. The van der Waals surface area contributed by atoms with Crippen molar-refractivity contribution in [2.24, 2.45) is 0 Å². The van der Waals surface area contributed by atoms with Crippen LogP contribution >= 0.6 is 0 Å². The van der Waals surface area contributed by atoms with Crippen LogP contribution in [0.15, 0.2) is 48.5 Å². The summed E-state index contributed by atoms with van der Waals surface area (Å²) in [5, 5.41) is 9.57. The molecule has 2 aromatic rings. The Balaban J connectivity index is 2.39. The molecule has 1 unspecified atom stereocenters. The predicted molar refractivity (Wildman–Crippen MR) is 76.3 cm³/mol. The third-order valence-electron chi connectivity index (χ3n) is 3.61. The lowest BCUT2D eigenvalue weighted by Crippen LogP contribution is -2.35. The maximum Gasteiger partial charge on any atom is 0.314 e. The van der Waals surface area contributed by atoms with E-state index in [0.29, 0.717) is 12.0 Å². The van der Waals surface area contributed by atoms with Crippen LogP contribution in [0.25, 0.3) is 0 Å². The molecule has 0 spiro atoms. The van der Waals surface area contributed by atoms with E-state index in [1.807, 2.05) is 31.2 Å². The fourth-order valence-corrected chi connectivity index (χ4v) is 2.25. The van der Waals surface area contributed by atoms with Crippen LogP contribution in [-0.4, -0.2) is 11.1 Å². The molecule has 0 aliphatic heterocycles. The molecule has 3 heteroatoms. The van der Waals surface area contributed by atoms with Gasteiger partial charge in [-0.15, -0.1) is 0 Å². The first-order valence-corrected chi connectivity index (χ1v) is 6.47. The molecule has 1 atom stereocenters. The zero-order chi connectivity index (χ0) is 14.8. The van der Waals surface area contributed by atoms with Gasteiger partial charge in [0, 0.05) is 0 Å². The van der Waals surface area contributed by atoms with Crippen LogP contribution in [0.2, 0.25) is 0 Å². The van der Waals surface area contributed by atoms with Crippen LogP contribution in [-0.2, 0) is 16.6 Å². The van der Waals surface area contributed by atoms with Crippen molar-refractivity contribution >= 4 is 5.97 Å². The third-order valence-corrected chi connectivity index (χ3v) is 3.61. The molecule has 0 heterocycles. The molecule has 0 aromatic heterocycles. The number of carbonyl (C=O) groups is 1. The predicted octanol–water partition coefficient (Wildman–Crippen LogP) is 3.72. The maximum absolute atomic E-state index is 13.4. The second-order valence-electron chi connectivity index (χ2n) is 5.31. The summed E-state index contributed by atoms with van der Waals surface area (Å²) in [7, 11) is 0. The van der Waals surface area contributed by atoms with E-state index in [4.69, 9.17) is 0 Å². The molecule has 104 valence electrons. The zero-order valence-electron chi connectivity index (χ0n) is 11.6. The minimum absolute atomic E-state index is 0.325. The molecule has 0 saturated heterocycles. The Bertz CT molecular complexity index is 619. The summed E-state index contributed by atoms with van der Waals surface area (Å²) < 4.78 is 13.4. The van der Waals surface area contributed by atoms with E-state index in [2.05, 4.69) is 0 Å². The number of rotatable bonds is 4. The number of hydrogen-bond donors (Lipinski definition) is 1. The smallest absolute Gasteiger partial charge is 0.314 e. The molecule has 0 aliphatic rings. The Morgan fingerprint density at radius 1 is 1.20 bits per heavy atom. The monoisotopic (exact) mass is 272 g/mol. The first-order chi connectivity index (χ1) is 9.41. The van der Waals surface area contributed by atoms with Crippen LogP contribution in [0.4, 0.5) is 4.39 Å². The second kappa shape index (κ2) is 5.45. The number of aryl methyl sites for hydroxylation is 1. The van der Waals surface area contributed by atoms with Crippen LogP contribution in [0.5, 0.6) is 0 Å². The molecule has 2 aromatic carbocycles. The van der Waals surface area contributed by atoms with E-state index < -0.39 is 17.2 Å². The van der Waals surface area contributed by atoms with Crippen molar-refractivity contribution in [2.75, 3.05) is 0 Å². The Kier molecular flexibility index (Phi) is 3.89. The first-order valence-electron chi connectivity index (χ1n) is 6.47. The fraction of sp³-hybridized carbons (Fsp3) is 0.235. The summed E-state index contributed by atoms with van der Waals surface area (Å²) in [4.78, 5) is 11.7. The van der Waals surface area contributed by atoms with Gasteiger partial charge in [0.15, 0.2) is 0 Å². The van der Waals surface area contributed by atoms with Gasteiger partial charge in [0.25, 0.3) is 0 Å². The third kappa shape index (κ3) is 2.87. The van der Waals surface area contributed by atoms with Crippen molar-refractivity contribution in [1.82, 2.24) is 0 Å². The number of carboxylic acid groups (broad SMARTS) is 1. The zero-order valence-corrected chi connectivity index (χ0v) is 11.6. The topological polar surface area (TPSA) is 37.3 Å². The molecule has 0 aliphatic carbocycles. The number of carboxylic acids is 1. The summed E-state index contributed by atoms with van der Waals surface area (Å²) in [5.41, 5.74) is 1.38. The molecule has 0 fully saturated rings. The van der Waals surface area contributed by atoms with E-state index in [0.717, 1.165) is 11.1 Å². The van der Waals surface area contributed by atoms with Crippen molar-refractivity contribution in [3.05, 3.63) is 71.0 Å². The second-order valence-corrected chi connectivity index (χ2v) is 5.31. The SMILES string of the molecule is Cc1ccc(CC(C)(C(=O)O)c2cccc(F)c2)cc1. The molecule has 2 nitrogen and oxygen atoms in total. The average molecular weight is 272 g/mol. The highest BCUT2D eigenvalue weighted by Gasteiger charge is 2.35. The minimum Gasteiger partial charge on any atom is -0.481 e. The van der Waals surface area contributed by atoms with Crippen molar-refractivity contribution in [3.8, 4) is 0 Å². The van der Waals surface area contributed by atoms with Gasteiger partial charge < -0.3 is 5.11 Å². The van der Waals surface area contributed by atoms with Crippen LogP contribution < -0.4 is 0 Å². The Hall–Kier alpha value is -2.16. The van der Waals surface area contributed by atoms with Crippen molar-refractivity contribution in [1.29, 1.82) is 0 Å². The van der Waals surface area contributed by atoms with Gasteiger partial charge in [-0.05, 0) is 43.5 Å². The first kappa shape index (κ1) is 14.3. The number of hydrogen-bond acceptors (Lipinski definition) is 1. The van der Waals surface area contributed by atoms with Gasteiger partial charge in [-0.25, -0.2) is 4.39 Å². The summed E-state index contributed by atoms with van der Waals surface area (Å²) in [5.74, 6) is -1.37. The Labute approximate surface area is 117 Å². The van der Waals surface area contributed by atoms with E-state index >= 15 is 0 Å².